The largest absolute Gasteiger partial charge is 0.347 e. The molecule has 7 nitrogen and oxygen atoms in total. The zero-order chi connectivity index (χ0) is 24.0. The van der Waals surface area contributed by atoms with E-state index in [2.05, 4.69) is 10.6 Å². The quantitative estimate of drug-likeness (QED) is 0.515. The smallest absolute Gasteiger partial charge is 0.327 e. The minimum atomic E-state index is -3.41. The second kappa shape index (κ2) is 8.54. The lowest BCUT2D eigenvalue weighted by Gasteiger charge is -2.39. The van der Waals surface area contributed by atoms with Gasteiger partial charge in [0.25, 0.3) is 11.8 Å². The first-order valence-corrected chi connectivity index (χ1v) is 11.5. The number of halogens is 2. The second-order valence-corrected chi connectivity index (χ2v) is 9.80. The molecule has 1 saturated heterocycles. The molecule has 176 valence electrons. The molecule has 2 aliphatic heterocycles. The van der Waals surface area contributed by atoms with Crippen molar-refractivity contribution in [3.8, 4) is 0 Å². The van der Waals surface area contributed by atoms with Crippen LogP contribution >= 0.6 is 0 Å². The van der Waals surface area contributed by atoms with Gasteiger partial charge in [-0.15, -0.1) is 0 Å². The van der Waals surface area contributed by atoms with Crippen LogP contribution in [0.1, 0.15) is 66.9 Å². The summed E-state index contributed by atoms with van der Waals surface area (Å²) in [5.41, 5.74) is 0.541. The first-order chi connectivity index (χ1) is 15.5. The van der Waals surface area contributed by atoms with Crippen molar-refractivity contribution in [2.75, 3.05) is 0 Å². The van der Waals surface area contributed by atoms with Crippen LogP contribution in [0, 0.1) is 11.8 Å². The summed E-state index contributed by atoms with van der Waals surface area (Å²) in [5, 5.41) is 4.65. The molecule has 1 saturated carbocycles. The van der Waals surface area contributed by atoms with Gasteiger partial charge in [0.05, 0.1) is 5.44 Å². The van der Waals surface area contributed by atoms with Gasteiger partial charge in [-0.2, -0.15) is 8.78 Å². The lowest BCUT2D eigenvalue weighted by Crippen LogP contribution is -2.63. The van der Waals surface area contributed by atoms with E-state index in [1.165, 1.54) is 4.90 Å². The number of imide groups is 1. The number of amides is 4. The molecule has 1 aromatic carbocycles. The van der Waals surface area contributed by atoms with Gasteiger partial charge in [0.1, 0.15) is 7.85 Å². The number of hydrogen-bond donors (Lipinski definition) is 2. The molecule has 33 heavy (non-hydrogen) atoms. The number of piperidine rings is 1. The zero-order valence-electron chi connectivity index (χ0n) is 18.9. The Hall–Kier alpha value is -2.78. The molecular weight excluding hydrogens is 431 g/mol. The molecule has 2 fully saturated rings. The van der Waals surface area contributed by atoms with Gasteiger partial charge in [-0.1, -0.05) is 31.9 Å². The number of carbonyl (C=O) groups excluding carboxylic acids is 4. The number of benzene rings is 1. The van der Waals surface area contributed by atoms with Crippen molar-refractivity contribution in [2.45, 2.75) is 69.9 Å². The molecule has 2 heterocycles. The molecule has 1 unspecified atom stereocenters. The molecule has 10 heteroatoms. The lowest BCUT2D eigenvalue weighted by molar-refractivity contribution is -0.156. The SMILES string of the molecule is BC1(N2Cc3cc(CNC(=O)C(F)(F)C4CCC(C)CC4)ccc3C2=O)CCC(=O)NC1=O. The van der Waals surface area contributed by atoms with Crippen LogP contribution in [-0.2, 0) is 27.5 Å². The summed E-state index contributed by atoms with van der Waals surface area (Å²) in [6.45, 7) is 2.13. The number of nitrogens with zero attached hydrogens (tertiary/aromatic N) is 1. The molecule has 1 aromatic rings. The fraction of sp³-hybridized carbons (Fsp3) is 0.565. The van der Waals surface area contributed by atoms with Crippen molar-refractivity contribution in [2.24, 2.45) is 11.8 Å². The molecule has 2 N–H and O–H groups in total. The van der Waals surface area contributed by atoms with Gasteiger partial charge in [0, 0.05) is 31.0 Å². The van der Waals surface area contributed by atoms with Gasteiger partial charge in [0.2, 0.25) is 11.8 Å². The third kappa shape index (κ3) is 4.27. The van der Waals surface area contributed by atoms with E-state index >= 15 is 0 Å². The molecule has 1 aliphatic carbocycles. The molecular formula is C23H28BF2N3O4. The van der Waals surface area contributed by atoms with E-state index in [-0.39, 0.29) is 37.7 Å². The van der Waals surface area contributed by atoms with Crippen molar-refractivity contribution in [1.29, 1.82) is 0 Å². The highest BCUT2D eigenvalue weighted by atomic mass is 19.3. The monoisotopic (exact) mass is 459 g/mol. The summed E-state index contributed by atoms with van der Waals surface area (Å²) in [6, 6.07) is 4.91. The summed E-state index contributed by atoms with van der Waals surface area (Å²) in [6.07, 6.45) is 2.47. The average molecular weight is 459 g/mol. The van der Waals surface area contributed by atoms with Gasteiger partial charge >= 0.3 is 5.92 Å². The van der Waals surface area contributed by atoms with E-state index in [4.69, 9.17) is 0 Å². The summed E-state index contributed by atoms with van der Waals surface area (Å²) in [5.74, 6) is -6.39. The van der Waals surface area contributed by atoms with E-state index in [1.807, 2.05) is 6.92 Å². The maximum absolute atomic E-state index is 14.6. The van der Waals surface area contributed by atoms with Crippen LogP contribution in [0.25, 0.3) is 0 Å². The second-order valence-electron chi connectivity index (χ2n) is 9.80. The highest BCUT2D eigenvalue weighted by Gasteiger charge is 2.49. The standard InChI is InChI=1S/C23H28BF2N3O4/c1-13-2-5-16(6-3-13)23(25,26)21(33)27-11-14-4-7-17-15(10-14)12-29(19(17)31)22(24)9-8-18(30)28-20(22)32/h4,7,10,13,16H,2-3,5-6,8-9,11-12,24H2,1H3,(H,27,33)(H,28,30,32). The molecule has 3 aliphatic rings. The van der Waals surface area contributed by atoms with Crippen LogP contribution in [0.4, 0.5) is 8.78 Å². The molecule has 0 aromatic heterocycles. The Kier molecular flexibility index (Phi) is 6.05. The topological polar surface area (TPSA) is 95.6 Å². The van der Waals surface area contributed by atoms with Gasteiger partial charge in [-0.05, 0) is 42.4 Å². The van der Waals surface area contributed by atoms with E-state index in [9.17, 15) is 28.0 Å². The summed E-state index contributed by atoms with van der Waals surface area (Å²) in [4.78, 5) is 50.6. The fourth-order valence-electron chi connectivity index (χ4n) is 5.04. The Labute approximate surface area is 192 Å². The zero-order valence-corrected chi connectivity index (χ0v) is 18.9. The van der Waals surface area contributed by atoms with Crippen LogP contribution in [0.2, 0.25) is 0 Å². The maximum Gasteiger partial charge on any atom is 0.327 e. The van der Waals surface area contributed by atoms with E-state index in [1.54, 1.807) is 26.0 Å². The Morgan fingerprint density at radius 1 is 1.24 bits per heavy atom. The van der Waals surface area contributed by atoms with Crippen molar-refractivity contribution in [3.63, 3.8) is 0 Å². The summed E-state index contributed by atoms with van der Waals surface area (Å²) < 4.78 is 29.3. The normalized spacial score (nSPS) is 27.8. The van der Waals surface area contributed by atoms with Crippen LogP contribution in [0.3, 0.4) is 0 Å². The molecule has 0 spiro atoms. The predicted molar refractivity (Wildman–Crippen MR) is 118 cm³/mol. The fourth-order valence-corrected chi connectivity index (χ4v) is 5.04. The van der Waals surface area contributed by atoms with E-state index in [0.29, 0.717) is 48.3 Å². The number of fused-ring (bicyclic) bond motifs is 1. The Bertz CT molecular complexity index is 1010. The highest BCUT2D eigenvalue weighted by molar-refractivity contribution is 6.32. The minimum absolute atomic E-state index is 0.0781. The molecule has 0 bridgehead atoms. The number of carbonyl (C=O) groups is 4. The van der Waals surface area contributed by atoms with Gasteiger partial charge in [0.15, 0.2) is 0 Å². The Morgan fingerprint density at radius 3 is 2.61 bits per heavy atom. The van der Waals surface area contributed by atoms with Crippen molar-refractivity contribution in [1.82, 2.24) is 15.5 Å². The lowest BCUT2D eigenvalue weighted by atomic mass is 9.70. The predicted octanol–water partition coefficient (Wildman–Crippen LogP) is 1.49. The maximum atomic E-state index is 14.6. The first-order valence-electron chi connectivity index (χ1n) is 11.5. The van der Waals surface area contributed by atoms with Crippen LogP contribution in [-0.4, -0.2) is 47.7 Å². The molecule has 4 rings (SSSR count). The van der Waals surface area contributed by atoms with Gasteiger partial charge in [-0.3, -0.25) is 24.5 Å². The van der Waals surface area contributed by atoms with Gasteiger partial charge < -0.3 is 10.2 Å². The van der Waals surface area contributed by atoms with Crippen molar-refractivity contribution < 1.29 is 28.0 Å². The van der Waals surface area contributed by atoms with Crippen LogP contribution in [0.5, 0.6) is 0 Å². The average Bonchev–Trinajstić information content (AvgIpc) is 3.11. The molecule has 0 radical (unpaired) electrons. The van der Waals surface area contributed by atoms with Gasteiger partial charge in [-0.25, -0.2) is 0 Å². The summed E-state index contributed by atoms with van der Waals surface area (Å²) in [7, 11) is 1.63. The Morgan fingerprint density at radius 2 is 1.94 bits per heavy atom. The third-order valence-electron chi connectivity index (χ3n) is 7.43. The number of alkyl halides is 2. The highest BCUT2D eigenvalue weighted by Crippen LogP contribution is 2.39. The molecule has 4 amide bonds. The Balaban J connectivity index is 1.41. The number of nitrogens with one attached hydrogen (secondary N) is 2. The first kappa shape index (κ1) is 23.4. The molecule has 1 atom stereocenters. The summed E-state index contributed by atoms with van der Waals surface area (Å²) >= 11 is 0. The van der Waals surface area contributed by atoms with Crippen LogP contribution < -0.4 is 10.6 Å². The van der Waals surface area contributed by atoms with Crippen molar-refractivity contribution >= 4 is 31.5 Å². The third-order valence-corrected chi connectivity index (χ3v) is 7.43. The van der Waals surface area contributed by atoms with E-state index < -0.39 is 29.1 Å². The van der Waals surface area contributed by atoms with E-state index in [0.717, 1.165) is 0 Å². The van der Waals surface area contributed by atoms with Crippen molar-refractivity contribution in [3.05, 3.63) is 34.9 Å². The number of rotatable bonds is 5. The van der Waals surface area contributed by atoms with Crippen LogP contribution in [0.15, 0.2) is 18.2 Å². The number of hydrogen-bond acceptors (Lipinski definition) is 4. The minimum Gasteiger partial charge on any atom is -0.347 e.